The lowest BCUT2D eigenvalue weighted by Crippen LogP contribution is -2.48. The molecule has 0 saturated carbocycles. The molecule has 1 aromatic carbocycles. The van der Waals surface area contributed by atoms with Gasteiger partial charge in [-0.05, 0) is 62.8 Å². The molecule has 2 atom stereocenters. The molecule has 6 heteroatoms. The lowest BCUT2D eigenvalue weighted by atomic mass is 10.0. The van der Waals surface area contributed by atoms with Crippen molar-refractivity contribution in [1.82, 2.24) is 4.31 Å². The van der Waals surface area contributed by atoms with Crippen molar-refractivity contribution in [1.29, 1.82) is 0 Å². The van der Waals surface area contributed by atoms with Crippen LogP contribution in [0.1, 0.15) is 36.8 Å². The predicted molar refractivity (Wildman–Crippen MR) is 81.4 cm³/mol. The third kappa shape index (κ3) is 2.35. The number of nitrogen functional groups attached to an aromatic ring is 1. The molecular formula is C15H22N2O3S. The molecule has 21 heavy (non-hydrogen) atoms. The number of rotatable bonds is 2. The van der Waals surface area contributed by atoms with Gasteiger partial charge in [0.2, 0.25) is 10.0 Å². The van der Waals surface area contributed by atoms with E-state index in [1.807, 2.05) is 6.92 Å². The van der Waals surface area contributed by atoms with E-state index in [1.165, 1.54) is 0 Å². The van der Waals surface area contributed by atoms with Gasteiger partial charge in [0.15, 0.2) is 0 Å². The van der Waals surface area contributed by atoms with E-state index in [9.17, 15) is 13.5 Å². The number of aliphatic hydroxyl groups excluding tert-OH is 1. The highest BCUT2D eigenvalue weighted by molar-refractivity contribution is 7.89. The number of nitrogens with two attached hydrogens (primary N) is 1. The van der Waals surface area contributed by atoms with Gasteiger partial charge in [0.25, 0.3) is 0 Å². The van der Waals surface area contributed by atoms with Gasteiger partial charge in [-0.3, -0.25) is 0 Å². The minimum Gasteiger partial charge on any atom is -0.398 e. The number of hydrogen-bond donors (Lipinski definition) is 2. The number of piperidine rings is 1. The summed E-state index contributed by atoms with van der Waals surface area (Å²) in [6, 6.07) is 3.34. The Kier molecular flexibility index (Phi) is 3.50. The summed E-state index contributed by atoms with van der Waals surface area (Å²) in [5.74, 6) is 0. The summed E-state index contributed by atoms with van der Waals surface area (Å²) in [7, 11) is -3.55. The molecule has 1 aromatic rings. The van der Waals surface area contributed by atoms with Crippen molar-refractivity contribution in [3.05, 3.63) is 23.3 Å². The number of anilines is 1. The van der Waals surface area contributed by atoms with Gasteiger partial charge in [0.1, 0.15) is 0 Å². The number of benzene rings is 1. The molecule has 2 bridgehead atoms. The molecule has 0 aliphatic carbocycles. The first-order chi connectivity index (χ1) is 9.80. The molecule has 2 heterocycles. The van der Waals surface area contributed by atoms with E-state index in [4.69, 9.17) is 5.73 Å². The SMILES string of the molecule is Cc1cc(N)c(C)c(S(=O)(=O)N2C3CCC2CC(O)C3)c1. The summed E-state index contributed by atoms with van der Waals surface area (Å²) in [5.41, 5.74) is 7.91. The van der Waals surface area contributed by atoms with Crippen LogP contribution in [-0.2, 0) is 10.0 Å². The van der Waals surface area contributed by atoms with Crippen LogP contribution in [0.4, 0.5) is 5.69 Å². The monoisotopic (exact) mass is 310 g/mol. The maximum Gasteiger partial charge on any atom is 0.243 e. The summed E-state index contributed by atoms with van der Waals surface area (Å²) in [6.07, 6.45) is 2.37. The van der Waals surface area contributed by atoms with Crippen molar-refractivity contribution in [3.63, 3.8) is 0 Å². The largest absolute Gasteiger partial charge is 0.398 e. The minimum absolute atomic E-state index is 0.0788. The standard InChI is InChI=1S/C15H22N2O3S/c1-9-5-14(16)10(2)15(6-9)21(19,20)17-11-3-4-12(17)8-13(18)7-11/h5-6,11-13,18H,3-4,7-8,16H2,1-2H3. The Labute approximate surface area is 125 Å². The zero-order chi connectivity index (χ0) is 15.4. The number of sulfonamides is 1. The van der Waals surface area contributed by atoms with E-state index < -0.39 is 10.0 Å². The molecule has 116 valence electrons. The third-order valence-corrected chi connectivity index (χ3v) is 6.87. The Hall–Kier alpha value is -1.11. The minimum atomic E-state index is -3.55. The second-order valence-corrected chi connectivity index (χ2v) is 8.13. The molecule has 0 spiro atoms. The summed E-state index contributed by atoms with van der Waals surface area (Å²) >= 11 is 0. The van der Waals surface area contributed by atoms with Crippen LogP contribution >= 0.6 is 0 Å². The van der Waals surface area contributed by atoms with Crippen LogP contribution in [0.2, 0.25) is 0 Å². The second kappa shape index (κ2) is 4.97. The average Bonchev–Trinajstić information content (AvgIpc) is 2.67. The first-order valence-electron chi connectivity index (χ1n) is 7.39. The molecule has 3 rings (SSSR count). The fraction of sp³-hybridized carbons (Fsp3) is 0.600. The van der Waals surface area contributed by atoms with E-state index in [0.29, 0.717) is 29.0 Å². The molecule has 0 amide bonds. The van der Waals surface area contributed by atoms with E-state index in [2.05, 4.69) is 0 Å². The highest BCUT2D eigenvalue weighted by atomic mass is 32.2. The number of aryl methyl sites for hydroxylation is 1. The first kappa shape index (κ1) is 14.8. The van der Waals surface area contributed by atoms with Crippen LogP contribution in [-0.4, -0.2) is 36.0 Å². The topological polar surface area (TPSA) is 83.6 Å². The highest BCUT2D eigenvalue weighted by Gasteiger charge is 2.47. The number of aliphatic hydroxyl groups is 1. The maximum atomic E-state index is 13.1. The predicted octanol–water partition coefficient (Wildman–Crippen LogP) is 1.56. The molecule has 2 fully saturated rings. The fourth-order valence-corrected chi connectivity index (χ4v) is 5.97. The van der Waals surface area contributed by atoms with Crippen LogP contribution in [0, 0.1) is 13.8 Å². The van der Waals surface area contributed by atoms with Crippen molar-refractivity contribution in [3.8, 4) is 0 Å². The Bertz CT molecular complexity index is 658. The zero-order valence-electron chi connectivity index (χ0n) is 12.4. The van der Waals surface area contributed by atoms with E-state index in [-0.39, 0.29) is 18.2 Å². The van der Waals surface area contributed by atoms with Crippen LogP contribution in [0.5, 0.6) is 0 Å². The van der Waals surface area contributed by atoms with Crippen molar-refractivity contribution >= 4 is 15.7 Å². The second-order valence-electron chi connectivity index (χ2n) is 6.32. The zero-order valence-corrected chi connectivity index (χ0v) is 13.2. The van der Waals surface area contributed by atoms with Gasteiger partial charge in [-0.1, -0.05) is 0 Å². The van der Waals surface area contributed by atoms with Gasteiger partial charge in [0.05, 0.1) is 11.0 Å². The molecule has 2 aliphatic heterocycles. The van der Waals surface area contributed by atoms with E-state index in [0.717, 1.165) is 18.4 Å². The van der Waals surface area contributed by atoms with Crippen LogP contribution in [0.3, 0.4) is 0 Å². The lowest BCUT2D eigenvalue weighted by Gasteiger charge is -2.36. The Balaban J connectivity index is 2.06. The molecule has 2 aliphatic rings. The third-order valence-electron chi connectivity index (χ3n) is 4.74. The van der Waals surface area contributed by atoms with Crippen molar-refractivity contribution in [2.45, 2.75) is 62.6 Å². The van der Waals surface area contributed by atoms with Gasteiger partial charge in [-0.25, -0.2) is 8.42 Å². The summed E-state index contributed by atoms with van der Waals surface area (Å²) < 4.78 is 27.8. The summed E-state index contributed by atoms with van der Waals surface area (Å²) in [5, 5.41) is 9.85. The lowest BCUT2D eigenvalue weighted by molar-refractivity contribution is 0.0768. The molecule has 2 unspecified atom stereocenters. The van der Waals surface area contributed by atoms with Crippen LogP contribution < -0.4 is 5.73 Å². The van der Waals surface area contributed by atoms with Crippen LogP contribution in [0.15, 0.2) is 17.0 Å². The van der Waals surface area contributed by atoms with Gasteiger partial charge >= 0.3 is 0 Å². The van der Waals surface area contributed by atoms with E-state index in [1.54, 1.807) is 23.4 Å². The van der Waals surface area contributed by atoms with Gasteiger partial charge < -0.3 is 10.8 Å². The highest BCUT2D eigenvalue weighted by Crippen LogP contribution is 2.40. The quantitative estimate of drug-likeness (QED) is 0.812. The Morgan fingerprint density at radius 3 is 2.33 bits per heavy atom. The number of nitrogens with zero attached hydrogens (tertiary/aromatic N) is 1. The van der Waals surface area contributed by atoms with Crippen molar-refractivity contribution in [2.24, 2.45) is 0 Å². The number of hydrogen-bond acceptors (Lipinski definition) is 4. The average molecular weight is 310 g/mol. The smallest absolute Gasteiger partial charge is 0.243 e. The van der Waals surface area contributed by atoms with Crippen molar-refractivity contribution < 1.29 is 13.5 Å². The van der Waals surface area contributed by atoms with Gasteiger partial charge in [-0.15, -0.1) is 0 Å². The molecule has 3 N–H and O–H groups in total. The maximum absolute atomic E-state index is 13.1. The van der Waals surface area contributed by atoms with Crippen molar-refractivity contribution in [2.75, 3.05) is 5.73 Å². The Morgan fingerprint density at radius 2 is 1.76 bits per heavy atom. The number of fused-ring (bicyclic) bond motifs is 2. The van der Waals surface area contributed by atoms with Crippen LogP contribution in [0.25, 0.3) is 0 Å². The van der Waals surface area contributed by atoms with Gasteiger partial charge in [-0.2, -0.15) is 4.31 Å². The first-order valence-corrected chi connectivity index (χ1v) is 8.83. The summed E-state index contributed by atoms with van der Waals surface area (Å²) in [6.45, 7) is 3.60. The molecule has 0 radical (unpaired) electrons. The normalized spacial score (nSPS) is 29.8. The van der Waals surface area contributed by atoms with E-state index >= 15 is 0 Å². The Morgan fingerprint density at radius 1 is 1.19 bits per heavy atom. The van der Waals surface area contributed by atoms with Gasteiger partial charge in [0, 0.05) is 17.8 Å². The molecule has 0 aromatic heterocycles. The molecule has 5 nitrogen and oxygen atoms in total. The fourth-order valence-electron chi connectivity index (χ4n) is 3.73. The summed E-state index contributed by atoms with van der Waals surface area (Å²) in [4.78, 5) is 0.313. The molecular weight excluding hydrogens is 288 g/mol. The molecule has 2 saturated heterocycles.